The minimum absolute atomic E-state index is 0.0892. The van der Waals surface area contributed by atoms with E-state index in [0.717, 1.165) is 5.56 Å². The van der Waals surface area contributed by atoms with E-state index in [1.54, 1.807) is 6.07 Å². The Morgan fingerprint density at radius 2 is 2.08 bits per heavy atom. The van der Waals surface area contributed by atoms with Crippen LogP contribution in [0.15, 0.2) is 24.3 Å². The van der Waals surface area contributed by atoms with Crippen molar-refractivity contribution in [1.29, 1.82) is 0 Å². The quantitative estimate of drug-likeness (QED) is 0.433. The van der Waals surface area contributed by atoms with E-state index in [2.05, 4.69) is 4.79 Å². The first-order chi connectivity index (χ1) is 6.25. The largest absolute Gasteiger partial charge is 0.361 e. The van der Waals surface area contributed by atoms with Gasteiger partial charge in [-0.25, -0.2) is 0 Å². The molecule has 0 saturated heterocycles. The van der Waals surface area contributed by atoms with Crippen LogP contribution in [0.4, 0.5) is 0 Å². The Hall–Kier alpha value is -1.73. The summed E-state index contributed by atoms with van der Waals surface area (Å²) < 4.78 is 0. The van der Waals surface area contributed by atoms with Crippen LogP contribution in [0.2, 0.25) is 0 Å². The molecule has 0 bridgehead atoms. The van der Waals surface area contributed by atoms with Gasteiger partial charge in [0.2, 0.25) is 0 Å². The van der Waals surface area contributed by atoms with Crippen molar-refractivity contribution in [3.05, 3.63) is 40.9 Å². The molecule has 0 spiro atoms. The third kappa shape index (κ3) is 0.945. The molecule has 0 saturated carbocycles. The first-order valence-electron chi connectivity index (χ1n) is 4.11. The molecule has 0 aromatic heterocycles. The lowest BCUT2D eigenvalue weighted by molar-refractivity contribution is -0.00944. The molecule has 0 aliphatic heterocycles. The Bertz CT molecular complexity index is 430. The number of benzene rings is 1. The molecule has 3 nitrogen and oxygen atoms in total. The van der Waals surface area contributed by atoms with Gasteiger partial charge in [-0.2, -0.15) is 4.79 Å². The SMILES string of the molecule is CC1C(=[N+]=[N-])C(=O)c2ccccc21. The number of fused-ring (bicyclic) bond motifs is 1. The normalized spacial score (nSPS) is 19.9. The standard InChI is InChI=1S/C10H8N2O/c1-6-7-4-2-3-5-8(7)10(13)9(6)12-11/h2-6H,1H3. The van der Waals surface area contributed by atoms with Gasteiger partial charge in [0.1, 0.15) is 0 Å². The maximum Gasteiger partial charge on any atom is 0.346 e. The fourth-order valence-corrected chi connectivity index (χ4v) is 1.70. The number of carbonyl (C=O) groups is 1. The number of hydrogen-bond acceptors (Lipinski definition) is 1. The molecule has 0 radical (unpaired) electrons. The van der Waals surface area contributed by atoms with Gasteiger partial charge in [-0.15, -0.1) is 0 Å². The first-order valence-corrected chi connectivity index (χ1v) is 4.11. The summed E-state index contributed by atoms with van der Waals surface area (Å²) in [5.41, 5.74) is 10.5. The number of ketones is 1. The van der Waals surface area contributed by atoms with Crippen molar-refractivity contribution < 1.29 is 9.58 Å². The second-order valence-electron chi connectivity index (χ2n) is 3.12. The summed E-state index contributed by atoms with van der Waals surface area (Å²) in [4.78, 5) is 14.6. The fourth-order valence-electron chi connectivity index (χ4n) is 1.70. The molecule has 3 heteroatoms. The molecule has 0 heterocycles. The van der Waals surface area contributed by atoms with Crippen molar-refractivity contribution in [2.75, 3.05) is 0 Å². The highest BCUT2D eigenvalue weighted by molar-refractivity contribution is 6.48. The first kappa shape index (κ1) is 7.90. The zero-order valence-electron chi connectivity index (χ0n) is 7.19. The predicted molar refractivity (Wildman–Crippen MR) is 47.8 cm³/mol. The van der Waals surface area contributed by atoms with Crippen LogP contribution in [0.25, 0.3) is 5.53 Å². The Labute approximate surface area is 75.6 Å². The van der Waals surface area contributed by atoms with E-state index >= 15 is 0 Å². The van der Waals surface area contributed by atoms with E-state index < -0.39 is 0 Å². The number of Topliss-reactive ketones (excluding diaryl/α,β-unsaturated/α-hetero) is 1. The van der Waals surface area contributed by atoms with E-state index in [4.69, 9.17) is 5.53 Å². The molecule has 1 unspecified atom stereocenters. The molecule has 64 valence electrons. The van der Waals surface area contributed by atoms with E-state index in [-0.39, 0.29) is 17.4 Å². The minimum atomic E-state index is -0.161. The average molecular weight is 172 g/mol. The molecule has 0 N–H and O–H groups in total. The van der Waals surface area contributed by atoms with Crippen molar-refractivity contribution in [2.24, 2.45) is 0 Å². The smallest absolute Gasteiger partial charge is 0.346 e. The van der Waals surface area contributed by atoms with Crippen LogP contribution in [0.1, 0.15) is 28.8 Å². The van der Waals surface area contributed by atoms with Crippen molar-refractivity contribution in [2.45, 2.75) is 12.8 Å². The molecule has 1 aliphatic carbocycles. The Morgan fingerprint density at radius 3 is 2.69 bits per heavy atom. The highest BCUT2D eigenvalue weighted by Gasteiger charge is 2.39. The van der Waals surface area contributed by atoms with E-state index in [0.29, 0.717) is 5.56 Å². The van der Waals surface area contributed by atoms with Gasteiger partial charge in [-0.3, -0.25) is 4.79 Å². The topological polar surface area (TPSA) is 53.5 Å². The van der Waals surface area contributed by atoms with Crippen molar-refractivity contribution >= 4 is 11.5 Å². The van der Waals surface area contributed by atoms with Crippen LogP contribution in [0.5, 0.6) is 0 Å². The van der Waals surface area contributed by atoms with Crippen LogP contribution in [-0.2, 0) is 0 Å². The summed E-state index contributed by atoms with van der Waals surface area (Å²) in [6.07, 6.45) is 0. The minimum Gasteiger partial charge on any atom is -0.361 e. The van der Waals surface area contributed by atoms with E-state index in [1.807, 2.05) is 25.1 Å². The fraction of sp³-hybridized carbons (Fsp3) is 0.200. The van der Waals surface area contributed by atoms with Gasteiger partial charge in [-0.05, 0) is 12.5 Å². The monoisotopic (exact) mass is 172 g/mol. The predicted octanol–water partition coefficient (Wildman–Crippen LogP) is 1.66. The van der Waals surface area contributed by atoms with Crippen LogP contribution in [0, 0.1) is 0 Å². The van der Waals surface area contributed by atoms with E-state index in [9.17, 15) is 4.79 Å². The third-order valence-electron chi connectivity index (χ3n) is 2.42. The summed E-state index contributed by atoms with van der Waals surface area (Å²) in [7, 11) is 0. The zero-order valence-corrected chi connectivity index (χ0v) is 7.19. The van der Waals surface area contributed by atoms with Crippen LogP contribution in [0.3, 0.4) is 0 Å². The molecule has 2 rings (SSSR count). The van der Waals surface area contributed by atoms with Gasteiger partial charge in [0.15, 0.2) is 0 Å². The Morgan fingerprint density at radius 1 is 1.38 bits per heavy atom. The lowest BCUT2D eigenvalue weighted by Gasteiger charge is -1.96. The Balaban J connectivity index is 2.70. The molecular weight excluding hydrogens is 164 g/mol. The average Bonchev–Trinajstić information content (AvgIpc) is 2.41. The molecule has 13 heavy (non-hydrogen) atoms. The zero-order chi connectivity index (χ0) is 9.42. The third-order valence-corrected chi connectivity index (χ3v) is 2.42. The lowest BCUT2D eigenvalue weighted by atomic mass is 10.0. The Kier molecular flexibility index (Phi) is 1.61. The molecule has 1 aromatic carbocycles. The molecule has 1 aliphatic rings. The summed E-state index contributed by atoms with van der Waals surface area (Å²) in [6, 6.07) is 7.33. The van der Waals surface area contributed by atoms with Gasteiger partial charge < -0.3 is 5.53 Å². The summed E-state index contributed by atoms with van der Waals surface area (Å²) in [5, 5.41) is 0. The van der Waals surface area contributed by atoms with Crippen LogP contribution in [-0.4, -0.2) is 16.3 Å². The number of rotatable bonds is 0. The number of hydrogen-bond donors (Lipinski definition) is 0. The maximum absolute atomic E-state index is 11.5. The van der Waals surface area contributed by atoms with E-state index in [1.165, 1.54) is 0 Å². The second kappa shape index (κ2) is 2.64. The highest BCUT2D eigenvalue weighted by atomic mass is 16.1. The van der Waals surface area contributed by atoms with Gasteiger partial charge in [0.25, 0.3) is 5.78 Å². The lowest BCUT2D eigenvalue weighted by Crippen LogP contribution is -2.11. The van der Waals surface area contributed by atoms with Crippen molar-refractivity contribution in [3.8, 4) is 0 Å². The number of carbonyl (C=O) groups excluding carboxylic acids is 1. The van der Waals surface area contributed by atoms with Gasteiger partial charge in [0.05, 0.1) is 5.92 Å². The maximum atomic E-state index is 11.5. The molecule has 0 amide bonds. The van der Waals surface area contributed by atoms with Crippen molar-refractivity contribution in [1.82, 2.24) is 0 Å². The van der Waals surface area contributed by atoms with Crippen LogP contribution >= 0.6 is 0 Å². The van der Waals surface area contributed by atoms with Crippen molar-refractivity contribution in [3.63, 3.8) is 0 Å². The summed E-state index contributed by atoms with van der Waals surface area (Å²) in [5.74, 6) is -0.251. The van der Waals surface area contributed by atoms with Gasteiger partial charge >= 0.3 is 5.71 Å². The van der Waals surface area contributed by atoms with Gasteiger partial charge in [-0.1, -0.05) is 24.3 Å². The molecule has 0 fully saturated rings. The number of nitrogens with zero attached hydrogens (tertiary/aromatic N) is 2. The molecule has 1 atom stereocenters. The molecular formula is C10H8N2O. The summed E-state index contributed by atoms with van der Waals surface area (Å²) in [6.45, 7) is 1.86. The van der Waals surface area contributed by atoms with Gasteiger partial charge in [0, 0.05) is 5.56 Å². The highest BCUT2D eigenvalue weighted by Crippen LogP contribution is 2.29. The summed E-state index contributed by atoms with van der Waals surface area (Å²) >= 11 is 0. The molecule has 1 aromatic rings. The van der Waals surface area contributed by atoms with Crippen LogP contribution < -0.4 is 0 Å². The second-order valence-corrected chi connectivity index (χ2v) is 3.12.